The van der Waals surface area contributed by atoms with E-state index in [9.17, 15) is 28.9 Å². The smallest absolute Gasteiger partial charge is 0.270 e. The Bertz CT molecular complexity index is 901. The number of nitro groups is 1. The third kappa shape index (κ3) is 5.59. The predicted octanol–water partition coefficient (Wildman–Crippen LogP) is 2.02. The van der Waals surface area contributed by atoms with Crippen molar-refractivity contribution in [3.63, 3.8) is 0 Å². The number of carbonyl (C=O) groups is 3. The number of hydrogen-bond donors (Lipinski definition) is 1. The summed E-state index contributed by atoms with van der Waals surface area (Å²) in [6.45, 7) is -0.751. The first kappa shape index (κ1) is 20.5. The molecule has 2 aromatic rings. The van der Waals surface area contributed by atoms with Crippen molar-refractivity contribution in [1.29, 1.82) is 0 Å². The van der Waals surface area contributed by atoms with E-state index in [0.717, 1.165) is 17.0 Å². The quantitative estimate of drug-likeness (QED) is 0.419. The normalized spacial score (nSPS) is 10.1. The predicted molar refractivity (Wildman–Crippen MR) is 96.6 cm³/mol. The molecular weight excluding hydrogens is 373 g/mol. The van der Waals surface area contributed by atoms with Gasteiger partial charge in [-0.15, -0.1) is 0 Å². The molecule has 1 N–H and O–H groups in total. The van der Waals surface area contributed by atoms with Gasteiger partial charge in [-0.3, -0.25) is 24.5 Å². The third-order valence-electron chi connectivity index (χ3n) is 3.62. The van der Waals surface area contributed by atoms with Gasteiger partial charge in [0.05, 0.1) is 17.0 Å². The first-order valence-electron chi connectivity index (χ1n) is 7.96. The number of benzene rings is 2. The molecule has 28 heavy (non-hydrogen) atoms. The number of nitrogens with zero attached hydrogens (tertiary/aromatic N) is 2. The van der Waals surface area contributed by atoms with Crippen LogP contribution in [-0.2, 0) is 9.59 Å². The summed E-state index contributed by atoms with van der Waals surface area (Å²) in [5.74, 6) is -1.47. The largest absolute Gasteiger partial charge is 0.483 e. The van der Waals surface area contributed by atoms with E-state index in [2.05, 4.69) is 5.32 Å². The molecule has 0 aliphatic rings. The Morgan fingerprint density at radius 2 is 1.93 bits per heavy atom. The molecule has 0 atom stereocenters. The van der Waals surface area contributed by atoms with Gasteiger partial charge in [0.1, 0.15) is 11.6 Å². The number of amides is 2. The van der Waals surface area contributed by atoms with Gasteiger partial charge in [0, 0.05) is 24.9 Å². The lowest BCUT2D eigenvalue weighted by atomic mass is 10.2. The van der Waals surface area contributed by atoms with Crippen LogP contribution in [0.4, 0.5) is 15.8 Å². The minimum atomic E-state index is -0.657. The maximum atomic E-state index is 12.8. The summed E-state index contributed by atoms with van der Waals surface area (Å²) in [6.07, 6.45) is 0.382. The summed E-state index contributed by atoms with van der Waals surface area (Å²) in [7, 11) is 1.38. The van der Waals surface area contributed by atoms with Crippen molar-refractivity contribution in [2.75, 3.05) is 25.5 Å². The summed E-state index contributed by atoms with van der Waals surface area (Å²) in [5.41, 5.74) is 0.0269. The fourth-order valence-electron chi connectivity index (χ4n) is 2.16. The highest BCUT2D eigenvalue weighted by Gasteiger charge is 2.16. The van der Waals surface area contributed by atoms with Crippen molar-refractivity contribution in [3.05, 3.63) is 64.0 Å². The molecular formula is C18H16FN3O6. The molecule has 0 spiro atoms. The second-order valence-electron chi connectivity index (χ2n) is 5.69. The molecule has 0 saturated heterocycles. The van der Waals surface area contributed by atoms with Crippen LogP contribution in [0.2, 0.25) is 0 Å². The number of likely N-dealkylation sites (N-methyl/N-ethyl adjacent to an activating group) is 1. The number of hydrogen-bond acceptors (Lipinski definition) is 6. The lowest BCUT2D eigenvalue weighted by Gasteiger charge is -2.17. The topological polar surface area (TPSA) is 119 Å². The van der Waals surface area contributed by atoms with Gasteiger partial charge in [-0.2, -0.15) is 0 Å². The zero-order valence-electron chi connectivity index (χ0n) is 14.8. The number of anilines is 1. The maximum absolute atomic E-state index is 12.8. The average Bonchev–Trinajstić information content (AvgIpc) is 2.67. The lowest BCUT2D eigenvalue weighted by Crippen LogP contribution is -2.37. The van der Waals surface area contributed by atoms with Gasteiger partial charge in [0.25, 0.3) is 11.6 Å². The number of non-ortho nitro benzene ring substituents is 1. The van der Waals surface area contributed by atoms with Crippen molar-refractivity contribution in [3.8, 4) is 5.75 Å². The van der Waals surface area contributed by atoms with Crippen LogP contribution in [0.5, 0.6) is 5.75 Å². The Morgan fingerprint density at radius 3 is 2.54 bits per heavy atom. The Hall–Kier alpha value is -3.82. The summed E-state index contributed by atoms with van der Waals surface area (Å²) < 4.78 is 18.1. The summed E-state index contributed by atoms with van der Waals surface area (Å²) in [4.78, 5) is 46.2. The highest BCUT2D eigenvalue weighted by Crippen LogP contribution is 2.22. The third-order valence-corrected chi connectivity index (χ3v) is 3.62. The van der Waals surface area contributed by atoms with Gasteiger partial charge in [-0.1, -0.05) is 0 Å². The highest BCUT2D eigenvalue weighted by molar-refractivity contribution is 5.94. The molecule has 0 heterocycles. The molecule has 0 fully saturated rings. The number of rotatable bonds is 8. The Balaban J connectivity index is 1.90. The molecule has 0 aromatic heterocycles. The second-order valence-corrected chi connectivity index (χ2v) is 5.69. The van der Waals surface area contributed by atoms with E-state index >= 15 is 0 Å². The van der Waals surface area contributed by atoms with Crippen LogP contribution in [0.3, 0.4) is 0 Å². The molecule has 0 unspecified atom stereocenters. The van der Waals surface area contributed by atoms with Gasteiger partial charge in [-0.25, -0.2) is 4.39 Å². The molecule has 2 aromatic carbocycles. The Labute approximate surface area is 158 Å². The van der Waals surface area contributed by atoms with E-state index in [1.54, 1.807) is 0 Å². The minimum absolute atomic E-state index is 0.0121. The maximum Gasteiger partial charge on any atom is 0.270 e. The SMILES string of the molecule is CN(CC(=O)Nc1ccc(F)cc1)C(=O)COc1ccc([N+](=O)[O-])cc1C=O. The van der Waals surface area contributed by atoms with Crippen LogP contribution in [0, 0.1) is 15.9 Å². The monoisotopic (exact) mass is 389 g/mol. The minimum Gasteiger partial charge on any atom is -0.483 e. The zero-order chi connectivity index (χ0) is 20.7. The molecule has 2 amide bonds. The second kappa shape index (κ2) is 9.21. The van der Waals surface area contributed by atoms with Gasteiger partial charge in [0.15, 0.2) is 12.9 Å². The fraction of sp³-hybridized carbons (Fsp3) is 0.167. The molecule has 0 aliphatic carbocycles. The van der Waals surface area contributed by atoms with Crippen LogP contribution >= 0.6 is 0 Å². The highest BCUT2D eigenvalue weighted by atomic mass is 19.1. The van der Waals surface area contributed by atoms with Crippen molar-refractivity contribution in [2.24, 2.45) is 0 Å². The van der Waals surface area contributed by atoms with Crippen LogP contribution in [-0.4, -0.2) is 48.1 Å². The van der Waals surface area contributed by atoms with E-state index in [1.807, 2.05) is 0 Å². The van der Waals surface area contributed by atoms with Gasteiger partial charge < -0.3 is 15.0 Å². The number of carbonyl (C=O) groups excluding carboxylic acids is 3. The van der Waals surface area contributed by atoms with Crippen LogP contribution in [0.25, 0.3) is 0 Å². The van der Waals surface area contributed by atoms with Gasteiger partial charge >= 0.3 is 0 Å². The van der Waals surface area contributed by atoms with Crippen molar-refractivity contribution in [2.45, 2.75) is 0 Å². The number of ether oxygens (including phenoxy) is 1. The molecule has 146 valence electrons. The van der Waals surface area contributed by atoms with Gasteiger partial charge in [0.2, 0.25) is 5.91 Å². The van der Waals surface area contributed by atoms with Crippen LogP contribution < -0.4 is 10.1 Å². The van der Waals surface area contributed by atoms with E-state index < -0.39 is 29.2 Å². The van der Waals surface area contributed by atoms with Crippen LogP contribution in [0.15, 0.2) is 42.5 Å². The van der Waals surface area contributed by atoms with Crippen LogP contribution in [0.1, 0.15) is 10.4 Å². The van der Waals surface area contributed by atoms with E-state index in [0.29, 0.717) is 12.0 Å². The molecule has 0 saturated carbocycles. The van der Waals surface area contributed by atoms with Crippen molar-refractivity contribution < 1.29 is 28.4 Å². The summed E-state index contributed by atoms with van der Waals surface area (Å²) >= 11 is 0. The fourth-order valence-corrected chi connectivity index (χ4v) is 2.16. The van der Waals surface area contributed by atoms with Crippen molar-refractivity contribution >= 4 is 29.5 Å². The summed E-state index contributed by atoms with van der Waals surface area (Å²) in [5, 5.41) is 13.2. The number of halogens is 1. The average molecular weight is 389 g/mol. The molecule has 0 aliphatic heterocycles. The molecule has 9 nitrogen and oxygen atoms in total. The number of nitro benzene ring substituents is 1. The van der Waals surface area contributed by atoms with E-state index in [4.69, 9.17) is 4.74 Å². The molecule has 2 rings (SSSR count). The number of aldehydes is 1. The standard InChI is InChI=1S/C18H16FN3O6/c1-21(9-17(24)20-14-4-2-13(19)3-5-14)18(25)11-28-16-7-6-15(22(26)27)8-12(16)10-23/h2-8,10H,9,11H2,1H3,(H,20,24). The Kier molecular flexibility index (Phi) is 6.74. The van der Waals surface area contributed by atoms with Crippen molar-refractivity contribution in [1.82, 2.24) is 4.90 Å². The zero-order valence-corrected chi connectivity index (χ0v) is 14.8. The van der Waals surface area contributed by atoms with E-state index in [1.165, 1.54) is 37.4 Å². The van der Waals surface area contributed by atoms with Gasteiger partial charge in [-0.05, 0) is 30.3 Å². The Morgan fingerprint density at radius 1 is 1.25 bits per heavy atom. The first-order chi connectivity index (χ1) is 13.3. The lowest BCUT2D eigenvalue weighted by molar-refractivity contribution is -0.384. The molecule has 0 radical (unpaired) electrons. The first-order valence-corrected chi connectivity index (χ1v) is 7.96. The number of nitrogens with one attached hydrogen (secondary N) is 1. The van der Waals surface area contributed by atoms with E-state index in [-0.39, 0.29) is 23.5 Å². The summed E-state index contributed by atoms with van der Waals surface area (Å²) in [6, 6.07) is 8.54. The molecule has 10 heteroatoms. The molecule has 0 bridgehead atoms.